The number of rotatable bonds is 1. The molecule has 7 nitrogen and oxygen atoms in total. The van der Waals surface area contributed by atoms with Crippen molar-refractivity contribution in [3.8, 4) is 5.75 Å². The van der Waals surface area contributed by atoms with Crippen LogP contribution in [0.15, 0.2) is 18.2 Å². The van der Waals surface area contributed by atoms with Crippen molar-refractivity contribution < 1.29 is 19.1 Å². The van der Waals surface area contributed by atoms with Crippen molar-refractivity contribution in [1.82, 2.24) is 9.80 Å². The zero-order chi connectivity index (χ0) is 17.4. The van der Waals surface area contributed by atoms with E-state index in [2.05, 4.69) is 0 Å². The van der Waals surface area contributed by atoms with E-state index in [0.717, 1.165) is 0 Å². The van der Waals surface area contributed by atoms with Crippen LogP contribution in [-0.4, -0.2) is 66.9 Å². The molecule has 0 spiro atoms. The summed E-state index contributed by atoms with van der Waals surface area (Å²) >= 11 is 0. The second-order valence-corrected chi connectivity index (χ2v) is 6.14. The molecule has 0 aliphatic carbocycles. The van der Waals surface area contributed by atoms with Crippen LogP contribution in [-0.2, 0) is 9.59 Å². The predicted octanol–water partition coefficient (Wildman–Crippen LogP) is 0.735. The number of amides is 3. The second kappa shape index (κ2) is 6.14. The molecule has 0 radical (unpaired) electrons. The Balaban J connectivity index is 1.78. The molecule has 24 heavy (non-hydrogen) atoms. The van der Waals surface area contributed by atoms with Gasteiger partial charge in [0.15, 0.2) is 6.10 Å². The molecule has 1 saturated heterocycles. The Morgan fingerprint density at radius 3 is 2.38 bits per heavy atom. The second-order valence-electron chi connectivity index (χ2n) is 6.14. The SMILES string of the molecule is CC(=O)N1CCN(C(=O)c2ccc3c(c2)N(C)C(=O)C(C)O3)CC1. The topological polar surface area (TPSA) is 70.2 Å². The van der Waals surface area contributed by atoms with Crippen molar-refractivity contribution in [1.29, 1.82) is 0 Å². The van der Waals surface area contributed by atoms with E-state index in [1.807, 2.05) is 0 Å². The van der Waals surface area contributed by atoms with E-state index in [-0.39, 0.29) is 17.7 Å². The first-order valence-electron chi connectivity index (χ1n) is 8.01. The first kappa shape index (κ1) is 16.3. The number of fused-ring (bicyclic) bond motifs is 1. The summed E-state index contributed by atoms with van der Waals surface area (Å²) in [6.07, 6.45) is -0.524. The number of carbonyl (C=O) groups excluding carboxylic acids is 3. The van der Waals surface area contributed by atoms with E-state index in [1.54, 1.807) is 42.0 Å². The van der Waals surface area contributed by atoms with Crippen molar-refractivity contribution in [3.05, 3.63) is 23.8 Å². The Morgan fingerprint density at radius 1 is 1.12 bits per heavy atom. The third kappa shape index (κ3) is 2.81. The van der Waals surface area contributed by atoms with Crippen molar-refractivity contribution in [2.75, 3.05) is 38.1 Å². The molecule has 2 heterocycles. The van der Waals surface area contributed by atoms with Gasteiger partial charge < -0.3 is 19.4 Å². The number of piperazine rings is 1. The lowest BCUT2D eigenvalue weighted by atomic mass is 10.1. The van der Waals surface area contributed by atoms with Gasteiger partial charge >= 0.3 is 0 Å². The number of likely N-dealkylation sites (N-methyl/N-ethyl adjacent to an activating group) is 1. The fourth-order valence-corrected chi connectivity index (χ4v) is 3.05. The van der Waals surface area contributed by atoms with Crippen LogP contribution in [0.1, 0.15) is 24.2 Å². The smallest absolute Gasteiger partial charge is 0.267 e. The quantitative estimate of drug-likeness (QED) is 0.761. The summed E-state index contributed by atoms with van der Waals surface area (Å²) in [6.45, 7) is 5.36. The maximum absolute atomic E-state index is 12.7. The van der Waals surface area contributed by atoms with Gasteiger partial charge in [0.05, 0.1) is 5.69 Å². The Kier molecular flexibility index (Phi) is 4.17. The van der Waals surface area contributed by atoms with Gasteiger partial charge in [-0.25, -0.2) is 0 Å². The van der Waals surface area contributed by atoms with Gasteiger partial charge in [0.2, 0.25) is 5.91 Å². The highest BCUT2D eigenvalue weighted by Crippen LogP contribution is 2.34. The summed E-state index contributed by atoms with van der Waals surface area (Å²) < 4.78 is 5.57. The van der Waals surface area contributed by atoms with Gasteiger partial charge in [-0.05, 0) is 25.1 Å². The van der Waals surface area contributed by atoms with Crippen LogP contribution in [0.2, 0.25) is 0 Å². The van der Waals surface area contributed by atoms with Crippen molar-refractivity contribution in [2.24, 2.45) is 0 Å². The zero-order valence-electron chi connectivity index (χ0n) is 14.1. The van der Waals surface area contributed by atoms with Crippen LogP contribution in [0.25, 0.3) is 0 Å². The predicted molar refractivity (Wildman–Crippen MR) is 88.1 cm³/mol. The average Bonchev–Trinajstić information content (AvgIpc) is 2.59. The zero-order valence-corrected chi connectivity index (χ0v) is 14.1. The lowest BCUT2D eigenvalue weighted by Crippen LogP contribution is -2.50. The molecule has 0 bridgehead atoms. The molecule has 7 heteroatoms. The molecular weight excluding hydrogens is 310 g/mol. The van der Waals surface area contributed by atoms with Gasteiger partial charge in [-0.15, -0.1) is 0 Å². The highest BCUT2D eigenvalue weighted by Gasteiger charge is 2.30. The van der Waals surface area contributed by atoms with E-state index in [0.29, 0.717) is 43.2 Å². The first-order chi connectivity index (χ1) is 11.4. The third-order valence-electron chi connectivity index (χ3n) is 4.56. The lowest BCUT2D eigenvalue weighted by Gasteiger charge is -2.35. The first-order valence-corrected chi connectivity index (χ1v) is 8.01. The number of anilines is 1. The average molecular weight is 331 g/mol. The lowest BCUT2D eigenvalue weighted by molar-refractivity contribution is -0.130. The minimum absolute atomic E-state index is 0.0299. The summed E-state index contributed by atoms with van der Waals surface area (Å²) in [5.74, 6) is 0.396. The van der Waals surface area contributed by atoms with Crippen molar-refractivity contribution in [2.45, 2.75) is 20.0 Å². The monoisotopic (exact) mass is 331 g/mol. The highest BCUT2D eigenvalue weighted by molar-refractivity contribution is 6.02. The van der Waals surface area contributed by atoms with Crippen molar-refractivity contribution >= 4 is 23.4 Å². The van der Waals surface area contributed by atoms with Crippen molar-refractivity contribution in [3.63, 3.8) is 0 Å². The van der Waals surface area contributed by atoms with Crippen LogP contribution >= 0.6 is 0 Å². The van der Waals surface area contributed by atoms with Crippen LogP contribution in [0.3, 0.4) is 0 Å². The Labute approximate surface area is 140 Å². The number of ether oxygens (including phenoxy) is 1. The van der Waals surface area contributed by atoms with E-state index in [4.69, 9.17) is 4.74 Å². The molecule has 2 aliphatic rings. The standard InChI is InChI=1S/C17H21N3O4/c1-11-16(22)18(3)14-10-13(4-5-15(14)24-11)17(23)20-8-6-19(7-9-20)12(2)21/h4-5,10-11H,6-9H2,1-3H3. The van der Waals surface area contributed by atoms with Gasteiger partial charge in [-0.1, -0.05) is 0 Å². The maximum atomic E-state index is 12.7. The van der Waals surface area contributed by atoms with Gasteiger partial charge in [0.25, 0.3) is 11.8 Å². The fourth-order valence-electron chi connectivity index (χ4n) is 3.05. The molecule has 0 N–H and O–H groups in total. The molecule has 3 amide bonds. The van der Waals surface area contributed by atoms with Crippen LogP contribution in [0.4, 0.5) is 5.69 Å². The summed E-state index contributed by atoms with van der Waals surface area (Å²) in [7, 11) is 1.68. The van der Waals surface area contributed by atoms with Crippen LogP contribution in [0, 0.1) is 0 Å². The Bertz CT molecular complexity index is 695. The molecule has 3 rings (SSSR count). The van der Waals surface area contributed by atoms with Gasteiger partial charge in [-0.2, -0.15) is 0 Å². The Hall–Kier alpha value is -2.57. The molecule has 0 saturated carbocycles. The van der Waals surface area contributed by atoms with Crippen LogP contribution in [0.5, 0.6) is 5.75 Å². The van der Waals surface area contributed by atoms with Gasteiger partial charge in [0.1, 0.15) is 5.75 Å². The summed E-state index contributed by atoms with van der Waals surface area (Å²) in [5, 5.41) is 0. The van der Waals surface area contributed by atoms with Gasteiger partial charge in [-0.3, -0.25) is 14.4 Å². The summed E-state index contributed by atoms with van der Waals surface area (Å²) in [4.78, 5) is 41.1. The van der Waals surface area contributed by atoms with E-state index in [1.165, 1.54) is 11.8 Å². The third-order valence-corrected chi connectivity index (χ3v) is 4.56. The number of hydrogen-bond donors (Lipinski definition) is 0. The number of hydrogen-bond acceptors (Lipinski definition) is 4. The largest absolute Gasteiger partial charge is 0.479 e. The van der Waals surface area contributed by atoms with E-state index < -0.39 is 6.10 Å². The van der Waals surface area contributed by atoms with Gasteiger partial charge in [0, 0.05) is 45.7 Å². The fraction of sp³-hybridized carbons (Fsp3) is 0.471. The Morgan fingerprint density at radius 2 is 1.75 bits per heavy atom. The molecule has 1 fully saturated rings. The molecule has 1 atom stereocenters. The van der Waals surface area contributed by atoms with E-state index in [9.17, 15) is 14.4 Å². The maximum Gasteiger partial charge on any atom is 0.267 e. The minimum Gasteiger partial charge on any atom is -0.479 e. The molecule has 2 aliphatic heterocycles. The van der Waals surface area contributed by atoms with Crippen LogP contribution < -0.4 is 9.64 Å². The normalized spacial score (nSPS) is 20.5. The minimum atomic E-state index is -0.524. The highest BCUT2D eigenvalue weighted by atomic mass is 16.5. The summed E-state index contributed by atoms with van der Waals surface area (Å²) in [5.41, 5.74) is 1.12. The molecule has 1 unspecified atom stereocenters. The molecule has 1 aromatic carbocycles. The molecule has 0 aromatic heterocycles. The molecule has 128 valence electrons. The molecule has 1 aromatic rings. The number of nitrogens with zero attached hydrogens (tertiary/aromatic N) is 3. The van der Waals surface area contributed by atoms with E-state index >= 15 is 0 Å². The summed E-state index contributed by atoms with van der Waals surface area (Å²) in [6, 6.07) is 5.14. The number of carbonyl (C=O) groups is 3. The molecular formula is C17H21N3O4. The number of benzene rings is 1.